The number of thiazole rings is 1. The number of nitrogens with zero attached hydrogens (tertiary/aromatic N) is 1. The number of amides is 3. The molecule has 1 heterocycles. The van der Waals surface area contributed by atoms with E-state index >= 15 is 0 Å². The Bertz CT molecular complexity index is 1890. The number of carbonyl (C=O) groups is 3. The molecule has 0 radical (unpaired) electrons. The van der Waals surface area contributed by atoms with Crippen molar-refractivity contribution in [3.05, 3.63) is 114 Å². The monoisotopic (exact) mass is 666 g/mol. The van der Waals surface area contributed by atoms with Crippen molar-refractivity contribution in [3.8, 4) is 11.5 Å². The number of fused-ring (bicyclic) bond motifs is 1. The molecule has 3 amide bonds. The lowest BCUT2D eigenvalue weighted by Crippen LogP contribution is -2.30. The summed E-state index contributed by atoms with van der Waals surface area (Å²) in [5, 5.41) is 8.65. The van der Waals surface area contributed by atoms with Gasteiger partial charge in [-0.05, 0) is 87.5 Å². The van der Waals surface area contributed by atoms with Crippen LogP contribution in [0.5, 0.6) is 11.5 Å². The first-order chi connectivity index (χ1) is 22.8. The standard InChI is InChI=1S/C36H34N4O5S2/c1-4-44-27-17-20-29-32(22-27)47-36(39-29)40-33(41)23(3)46-28-18-15-26(16-19-28)37-35(43)30(38-34(42)24-11-7-6-8-12-24)21-25-13-9-10-14-31(25)45-5-2/h6-23H,4-5H2,1-3H3,(H,37,43)(H,38,42)(H,39,40,41)/b30-21-. The predicted molar refractivity (Wildman–Crippen MR) is 189 cm³/mol. The predicted octanol–water partition coefficient (Wildman–Crippen LogP) is 7.62. The fourth-order valence-corrected chi connectivity index (χ4v) is 6.24. The number of benzene rings is 4. The maximum atomic E-state index is 13.5. The average molecular weight is 667 g/mol. The van der Waals surface area contributed by atoms with Crippen molar-refractivity contribution in [2.45, 2.75) is 30.9 Å². The number of anilines is 2. The van der Waals surface area contributed by atoms with Gasteiger partial charge >= 0.3 is 0 Å². The highest BCUT2D eigenvalue weighted by Gasteiger charge is 2.19. The van der Waals surface area contributed by atoms with Crippen molar-refractivity contribution >= 4 is 67.9 Å². The van der Waals surface area contributed by atoms with E-state index in [-0.39, 0.29) is 11.6 Å². The zero-order chi connectivity index (χ0) is 33.2. The van der Waals surface area contributed by atoms with Gasteiger partial charge in [0.1, 0.15) is 17.2 Å². The third-order valence-electron chi connectivity index (χ3n) is 6.74. The van der Waals surface area contributed by atoms with Crippen LogP contribution in [0.15, 0.2) is 108 Å². The molecule has 9 nitrogen and oxygen atoms in total. The van der Waals surface area contributed by atoms with Gasteiger partial charge in [-0.3, -0.25) is 14.4 Å². The summed E-state index contributed by atoms with van der Waals surface area (Å²) in [5.74, 6) is 0.264. The Labute approximate surface area is 281 Å². The number of aromatic nitrogens is 1. The van der Waals surface area contributed by atoms with Crippen LogP contribution in [0.25, 0.3) is 16.3 Å². The number of para-hydroxylation sites is 1. The summed E-state index contributed by atoms with van der Waals surface area (Å²) in [4.78, 5) is 44.8. The Morgan fingerprint density at radius 2 is 1.60 bits per heavy atom. The Kier molecular flexibility index (Phi) is 11.3. The van der Waals surface area contributed by atoms with Crippen LogP contribution >= 0.6 is 23.1 Å². The molecule has 0 saturated carbocycles. The minimum atomic E-state index is -0.502. The molecule has 0 saturated heterocycles. The van der Waals surface area contributed by atoms with E-state index in [1.165, 1.54) is 23.1 Å². The molecular formula is C36H34N4O5S2. The van der Waals surface area contributed by atoms with Gasteiger partial charge in [0.15, 0.2) is 5.13 Å². The minimum absolute atomic E-state index is 0.0544. The first-order valence-corrected chi connectivity index (χ1v) is 16.7. The molecule has 0 spiro atoms. The molecule has 47 heavy (non-hydrogen) atoms. The molecule has 0 aliphatic heterocycles. The van der Waals surface area contributed by atoms with Crippen LogP contribution in [0.2, 0.25) is 0 Å². The van der Waals surface area contributed by atoms with Gasteiger partial charge in [-0.1, -0.05) is 47.7 Å². The molecule has 0 aliphatic rings. The van der Waals surface area contributed by atoms with Gasteiger partial charge in [0, 0.05) is 21.7 Å². The number of thioether (sulfide) groups is 1. The van der Waals surface area contributed by atoms with Gasteiger partial charge in [0.25, 0.3) is 11.8 Å². The van der Waals surface area contributed by atoms with Crippen LogP contribution in [0.3, 0.4) is 0 Å². The molecule has 1 atom stereocenters. The average Bonchev–Trinajstić information content (AvgIpc) is 3.48. The van der Waals surface area contributed by atoms with E-state index in [2.05, 4.69) is 20.9 Å². The van der Waals surface area contributed by atoms with Crippen LogP contribution in [-0.4, -0.2) is 41.2 Å². The van der Waals surface area contributed by atoms with Gasteiger partial charge < -0.3 is 25.4 Å². The number of ether oxygens (including phenoxy) is 2. The largest absolute Gasteiger partial charge is 0.494 e. The van der Waals surface area contributed by atoms with E-state index in [0.717, 1.165) is 20.9 Å². The SMILES string of the molecule is CCOc1ccc2nc(NC(=O)C(C)Sc3ccc(NC(=O)/C(=C/c4ccccc4OCC)NC(=O)c4ccccc4)cc3)sc2c1. The van der Waals surface area contributed by atoms with E-state index in [1.807, 2.05) is 75.4 Å². The molecule has 0 bridgehead atoms. The Morgan fingerprint density at radius 1 is 0.872 bits per heavy atom. The second-order valence-corrected chi connectivity index (χ2v) is 12.6. The van der Waals surface area contributed by atoms with Gasteiger partial charge in [0.05, 0.1) is 28.7 Å². The van der Waals surface area contributed by atoms with E-state index in [1.54, 1.807) is 48.5 Å². The molecule has 240 valence electrons. The second kappa shape index (κ2) is 15.9. The first kappa shape index (κ1) is 33.2. The molecular weight excluding hydrogens is 633 g/mol. The van der Waals surface area contributed by atoms with Crippen molar-refractivity contribution in [2.24, 2.45) is 0 Å². The summed E-state index contributed by atoms with van der Waals surface area (Å²) in [6.07, 6.45) is 1.59. The lowest BCUT2D eigenvalue weighted by Gasteiger charge is -2.14. The molecule has 0 fully saturated rings. The summed E-state index contributed by atoms with van der Waals surface area (Å²) >= 11 is 2.78. The summed E-state index contributed by atoms with van der Waals surface area (Å²) in [7, 11) is 0. The molecule has 5 aromatic rings. The quantitative estimate of drug-likeness (QED) is 0.0874. The van der Waals surface area contributed by atoms with Crippen LogP contribution in [0.1, 0.15) is 36.7 Å². The van der Waals surface area contributed by atoms with Crippen molar-refractivity contribution in [1.29, 1.82) is 0 Å². The molecule has 5 rings (SSSR count). The summed E-state index contributed by atoms with van der Waals surface area (Å²) in [6.45, 7) is 6.65. The summed E-state index contributed by atoms with van der Waals surface area (Å²) in [6, 6.07) is 28.8. The fourth-order valence-electron chi connectivity index (χ4n) is 4.48. The Balaban J connectivity index is 1.24. The maximum absolute atomic E-state index is 13.5. The van der Waals surface area contributed by atoms with Gasteiger partial charge in [0.2, 0.25) is 5.91 Å². The minimum Gasteiger partial charge on any atom is -0.494 e. The molecule has 11 heteroatoms. The second-order valence-electron chi connectivity index (χ2n) is 10.2. The highest BCUT2D eigenvalue weighted by Crippen LogP contribution is 2.31. The van der Waals surface area contributed by atoms with Gasteiger partial charge in [-0.15, -0.1) is 11.8 Å². The highest BCUT2D eigenvalue weighted by atomic mass is 32.2. The first-order valence-electron chi connectivity index (χ1n) is 15.0. The summed E-state index contributed by atoms with van der Waals surface area (Å²) in [5.41, 5.74) is 2.44. The lowest BCUT2D eigenvalue weighted by atomic mass is 10.1. The van der Waals surface area contributed by atoms with Crippen molar-refractivity contribution in [3.63, 3.8) is 0 Å². The van der Waals surface area contributed by atoms with E-state index in [4.69, 9.17) is 9.47 Å². The Hall–Kier alpha value is -5.13. The van der Waals surface area contributed by atoms with Gasteiger partial charge in [-0.2, -0.15) is 0 Å². The summed E-state index contributed by atoms with van der Waals surface area (Å²) < 4.78 is 12.2. The maximum Gasteiger partial charge on any atom is 0.272 e. The van der Waals surface area contributed by atoms with E-state index in [0.29, 0.717) is 40.9 Å². The van der Waals surface area contributed by atoms with Crippen LogP contribution in [0, 0.1) is 0 Å². The van der Waals surface area contributed by atoms with Crippen molar-refractivity contribution in [2.75, 3.05) is 23.8 Å². The topological polar surface area (TPSA) is 119 Å². The number of carbonyl (C=O) groups excluding carboxylic acids is 3. The molecule has 1 aromatic heterocycles. The normalized spacial score (nSPS) is 11.9. The smallest absolute Gasteiger partial charge is 0.272 e. The van der Waals surface area contributed by atoms with Gasteiger partial charge in [-0.25, -0.2) is 4.98 Å². The lowest BCUT2D eigenvalue weighted by molar-refractivity contribution is -0.115. The van der Waals surface area contributed by atoms with E-state index in [9.17, 15) is 14.4 Å². The van der Waals surface area contributed by atoms with Crippen LogP contribution in [0.4, 0.5) is 10.8 Å². The molecule has 4 aromatic carbocycles. The third-order valence-corrected chi connectivity index (χ3v) is 8.79. The zero-order valence-electron chi connectivity index (χ0n) is 26.1. The third kappa shape index (κ3) is 8.99. The molecule has 3 N–H and O–H groups in total. The highest BCUT2D eigenvalue weighted by molar-refractivity contribution is 8.00. The molecule has 1 unspecified atom stereocenters. The van der Waals surface area contributed by atoms with Crippen molar-refractivity contribution < 1.29 is 23.9 Å². The van der Waals surface area contributed by atoms with Crippen molar-refractivity contribution in [1.82, 2.24) is 10.3 Å². The number of hydrogen-bond acceptors (Lipinski definition) is 8. The fraction of sp³-hybridized carbons (Fsp3) is 0.167. The van der Waals surface area contributed by atoms with Crippen LogP contribution in [-0.2, 0) is 9.59 Å². The van der Waals surface area contributed by atoms with E-state index < -0.39 is 17.1 Å². The number of rotatable bonds is 13. The van der Waals surface area contributed by atoms with Crippen LogP contribution < -0.4 is 25.4 Å². The zero-order valence-corrected chi connectivity index (χ0v) is 27.7. The number of nitrogens with one attached hydrogen (secondary N) is 3. The Morgan fingerprint density at radius 3 is 2.34 bits per heavy atom. The number of hydrogen-bond donors (Lipinski definition) is 3. The molecule has 0 aliphatic carbocycles.